The average Bonchev–Trinajstić information content (AvgIpc) is 3.33. The Hall–Kier alpha value is -2.83. The van der Waals surface area contributed by atoms with Crippen molar-refractivity contribution in [2.24, 2.45) is 5.92 Å². The van der Waals surface area contributed by atoms with E-state index in [1.54, 1.807) is 29.0 Å². The van der Waals surface area contributed by atoms with Gasteiger partial charge in [0.15, 0.2) is 5.69 Å². The second-order valence-electron chi connectivity index (χ2n) is 7.26. The van der Waals surface area contributed by atoms with Gasteiger partial charge in [-0.3, -0.25) is 4.79 Å². The highest BCUT2D eigenvalue weighted by molar-refractivity contribution is 5.95. The van der Waals surface area contributed by atoms with E-state index in [0.29, 0.717) is 6.42 Å². The first kappa shape index (κ1) is 17.6. The predicted molar refractivity (Wildman–Crippen MR) is 98.1 cm³/mol. The van der Waals surface area contributed by atoms with Gasteiger partial charge in [-0.25, -0.2) is 9.48 Å². The third-order valence-electron chi connectivity index (χ3n) is 5.75. The van der Waals surface area contributed by atoms with Crippen LogP contribution in [0.2, 0.25) is 0 Å². The van der Waals surface area contributed by atoms with Crippen LogP contribution in [0.1, 0.15) is 42.6 Å². The summed E-state index contributed by atoms with van der Waals surface area (Å²) in [5.41, 5.74) is 1.09. The van der Waals surface area contributed by atoms with E-state index in [2.05, 4.69) is 5.10 Å². The summed E-state index contributed by atoms with van der Waals surface area (Å²) in [6.07, 6.45) is 6.29. The highest BCUT2D eigenvalue weighted by Crippen LogP contribution is 2.40. The summed E-state index contributed by atoms with van der Waals surface area (Å²) in [6.45, 7) is 0. The molecule has 1 saturated heterocycles. The Morgan fingerprint density at radius 2 is 1.89 bits per heavy atom. The van der Waals surface area contributed by atoms with Gasteiger partial charge in [0.2, 0.25) is 0 Å². The van der Waals surface area contributed by atoms with Gasteiger partial charge >= 0.3 is 5.97 Å². The fraction of sp³-hybridized carbons (Fsp3) is 0.450. The molecule has 142 valence electrons. The Morgan fingerprint density at radius 1 is 1.15 bits per heavy atom. The van der Waals surface area contributed by atoms with Crippen molar-refractivity contribution in [1.82, 2.24) is 14.7 Å². The first-order valence-electron chi connectivity index (χ1n) is 9.34. The molecule has 2 aliphatic rings. The van der Waals surface area contributed by atoms with Crippen molar-refractivity contribution in [3.63, 3.8) is 0 Å². The van der Waals surface area contributed by atoms with Gasteiger partial charge in [-0.1, -0.05) is 12.8 Å². The van der Waals surface area contributed by atoms with Gasteiger partial charge in [0, 0.05) is 12.2 Å². The quantitative estimate of drug-likeness (QED) is 0.896. The van der Waals surface area contributed by atoms with Crippen LogP contribution in [0.4, 0.5) is 0 Å². The van der Waals surface area contributed by atoms with Crippen LogP contribution in [0.5, 0.6) is 5.75 Å². The number of benzene rings is 1. The van der Waals surface area contributed by atoms with E-state index >= 15 is 0 Å². The largest absolute Gasteiger partial charge is 0.497 e. The maximum absolute atomic E-state index is 13.1. The molecule has 1 aromatic carbocycles. The lowest BCUT2D eigenvalue weighted by Crippen LogP contribution is -2.46. The van der Waals surface area contributed by atoms with Crippen LogP contribution in [-0.4, -0.2) is 50.9 Å². The van der Waals surface area contributed by atoms with Gasteiger partial charge in [0.05, 0.1) is 12.8 Å². The summed E-state index contributed by atoms with van der Waals surface area (Å²) in [4.78, 5) is 26.5. The molecule has 4 rings (SSSR count). The standard InChI is InChI=1S/C20H23N3O4/c1-27-15-8-6-14(7-9-15)22-11-10-16(21-22)19(24)23-17-5-3-2-4-13(17)12-18(23)20(25)26/h6-11,13,17-18H,2-5,12H2,1H3,(H,25,26)/t13-,17-,18-/m0/s1. The zero-order valence-corrected chi connectivity index (χ0v) is 15.2. The normalized spacial score (nSPS) is 24.5. The highest BCUT2D eigenvalue weighted by atomic mass is 16.5. The molecule has 2 fully saturated rings. The molecule has 1 aliphatic carbocycles. The van der Waals surface area contributed by atoms with Gasteiger partial charge in [-0.15, -0.1) is 0 Å². The van der Waals surface area contributed by atoms with Gasteiger partial charge in [0.1, 0.15) is 11.8 Å². The van der Waals surface area contributed by atoms with Gasteiger partial charge in [0.25, 0.3) is 5.91 Å². The first-order valence-corrected chi connectivity index (χ1v) is 9.34. The number of carboxylic acid groups (broad SMARTS) is 1. The number of hydrogen-bond acceptors (Lipinski definition) is 4. The van der Waals surface area contributed by atoms with Crippen LogP contribution in [0.3, 0.4) is 0 Å². The summed E-state index contributed by atoms with van der Waals surface area (Å²) >= 11 is 0. The summed E-state index contributed by atoms with van der Waals surface area (Å²) in [5.74, 6) is -0.184. The number of fused-ring (bicyclic) bond motifs is 1. The average molecular weight is 369 g/mol. The molecular formula is C20H23N3O4. The summed E-state index contributed by atoms with van der Waals surface area (Å²) in [6, 6.07) is 8.27. The summed E-state index contributed by atoms with van der Waals surface area (Å²) < 4.78 is 6.78. The molecule has 1 amide bonds. The molecule has 1 N–H and O–H groups in total. The molecule has 1 aromatic heterocycles. The fourth-order valence-corrected chi connectivity index (χ4v) is 4.42. The van der Waals surface area contributed by atoms with Crippen LogP contribution in [-0.2, 0) is 4.79 Å². The Balaban J connectivity index is 1.59. The van der Waals surface area contributed by atoms with E-state index in [-0.39, 0.29) is 23.6 Å². The maximum Gasteiger partial charge on any atom is 0.326 e. The minimum atomic E-state index is -0.924. The molecule has 2 heterocycles. The number of carboxylic acids is 1. The lowest BCUT2D eigenvalue weighted by atomic mass is 9.84. The third kappa shape index (κ3) is 3.18. The molecule has 1 aliphatic heterocycles. The topological polar surface area (TPSA) is 84.7 Å². The molecule has 0 bridgehead atoms. The number of aromatic nitrogens is 2. The lowest BCUT2D eigenvalue weighted by molar-refractivity contribution is -0.141. The van der Waals surface area contributed by atoms with E-state index < -0.39 is 12.0 Å². The van der Waals surface area contributed by atoms with Crippen molar-refractivity contribution in [2.75, 3.05) is 7.11 Å². The van der Waals surface area contributed by atoms with E-state index in [1.165, 1.54) is 0 Å². The minimum absolute atomic E-state index is 0.0125. The second kappa shape index (κ2) is 7.06. The van der Waals surface area contributed by atoms with Crippen LogP contribution < -0.4 is 4.74 Å². The molecule has 7 nitrogen and oxygen atoms in total. The van der Waals surface area contributed by atoms with Crippen molar-refractivity contribution >= 4 is 11.9 Å². The fourth-order valence-electron chi connectivity index (χ4n) is 4.42. The van der Waals surface area contributed by atoms with Crippen molar-refractivity contribution in [2.45, 2.75) is 44.2 Å². The molecule has 1 saturated carbocycles. The van der Waals surface area contributed by atoms with Gasteiger partial charge < -0.3 is 14.7 Å². The molecule has 27 heavy (non-hydrogen) atoms. The molecule has 0 radical (unpaired) electrons. The maximum atomic E-state index is 13.1. The Bertz CT molecular complexity index is 845. The number of rotatable bonds is 4. The van der Waals surface area contributed by atoms with E-state index in [0.717, 1.165) is 37.1 Å². The number of likely N-dealkylation sites (tertiary alicyclic amines) is 1. The molecule has 0 unspecified atom stereocenters. The van der Waals surface area contributed by atoms with Crippen LogP contribution in [0, 0.1) is 5.92 Å². The van der Waals surface area contributed by atoms with Crippen LogP contribution in [0.25, 0.3) is 5.69 Å². The predicted octanol–water partition coefficient (Wildman–Crippen LogP) is 2.74. The first-order chi connectivity index (χ1) is 13.1. The van der Waals surface area contributed by atoms with E-state index in [9.17, 15) is 14.7 Å². The highest BCUT2D eigenvalue weighted by Gasteiger charge is 2.48. The number of amides is 1. The monoisotopic (exact) mass is 369 g/mol. The molecule has 7 heteroatoms. The smallest absolute Gasteiger partial charge is 0.326 e. The zero-order valence-electron chi connectivity index (χ0n) is 15.2. The second-order valence-corrected chi connectivity index (χ2v) is 7.26. The van der Waals surface area contributed by atoms with E-state index in [1.807, 2.05) is 24.3 Å². The zero-order chi connectivity index (χ0) is 19.0. The number of methoxy groups -OCH3 is 1. The van der Waals surface area contributed by atoms with Crippen LogP contribution >= 0.6 is 0 Å². The lowest BCUT2D eigenvalue weighted by Gasteiger charge is -2.32. The number of carbonyl (C=O) groups excluding carboxylic acids is 1. The number of carbonyl (C=O) groups is 2. The van der Waals surface area contributed by atoms with Gasteiger partial charge in [-0.05, 0) is 55.5 Å². The van der Waals surface area contributed by atoms with Crippen molar-refractivity contribution in [3.05, 3.63) is 42.2 Å². The van der Waals surface area contributed by atoms with Gasteiger partial charge in [-0.2, -0.15) is 5.10 Å². The molecule has 3 atom stereocenters. The Kier molecular flexibility index (Phi) is 4.59. The summed E-state index contributed by atoms with van der Waals surface area (Å²) in [7, 11) is 1.60. The molecule has 0 spiro atoms. The van der Waals surface area contributed by atoms with Crippen molar-refractivity contribution < 1.29 is 19.4 Å². The number of aliphatic carboxylic acids is 1. The van der Waals surface area contributed by atoms with E-state index in [4.69, 9.17) is 4.74 Å². The third-order valence-corrected chi connectivity index (χ3v) is 5.75. The number of ether oxygens (including phenoxy) is 1. The Morgan fingerprint density at radius 3 is 2.59 bits per heavy atom. The number of hydrogen-bond donors (Lipinski definition) is 1. The Labute approximate surface area is 157 Å². The van der Waals surface area contributed by atoms with Crippen molar-refractivity contribution in [3.8, 4) is 11.4 Å². The SMILES string of the molecule is COc1ccc(-n2ccc(C(=O)N3[C@H](C(=O)O)C[C@@H]4CCCC[C@@H]43)n2)cc1. The van der Waals surface area contributed by atoms with Crippen LogP contribution in [0.15, 0.2) is 36.5 Å². The number of nitrogens with zero attached hydrogens (tertiary/aromatic N) is 3. The molecule has 2 aromatic rings. The van der Waals surface area contributed by atoms with Crippen molar-refractivity contribution in [1.29, 1.82) is 0 Å². The molecular weight excluding hydrogens is 346 g/mol. The summed E-state index contributed by atoms with van der Waals surface area (Å²) in [5, 5.41) is 14.0. The minimum Gasteiger partial charge on any atom is -0.497 e.